The molecule has 0 bridgehead atoms. The number of ether oxygens (including phenoxy) is 1. The van der Waals surface area contributed by atoms with Crippen LogP contribution in [0.1, 0.15) is 47.9 Å². The lowest BCUT2D eigenvalue weighted by Crippen LogP contribution is -2.45. The van der Waals surface area contributed by atoms with Crippen LogP contribution in [0, 0.1) is 5.92 Å². The molecule has 1 aliphatic rings. The molecule has 0 saturated carbocycles. The fraction of sp³-hybridized carbons (Fsp3) is 0.237. The third-order valence-corrected chi connectivity index (χ3v) is 8.03. The Kier molecular flexibility index (Phi) is 10.6. The van der Waals surface area contributed by atoms with Crippen molar-refractivity contribution in [1.29, 1.82) is 0 Å². The molecule has 4 aromatic rings. The molecule has 0 aliphatic heterocycles. The highest BCUT2D eigenvalue weighted by atomic mass is 16.5. The number of aliphatic hydroxyl groups is 1. The van der Waals surface area contributed by atoms with E-state index in [9.17, 15) is 19.5 Å². The van der Waals surface area contributed by atoms with E-state index in [1.165, 1.54) is 22.3 Å². The summed E-state index contributed by atoms with van der Waals surface area (Å²) >= 11 is 0. The zero-order valence-corrected chi connectivity index (χ0v) is 25.3. The van der Waals surface area contributed by atoms with Crippen LogP contribution in [0.4, 0.5) is 5.69 Å². The van der Waals surface area contributed by atoms with Crippen LogP contribution in [0.15, 0.2) is 115 Å². The van der Waals surface area contributed by atoms with Crippen molar-refractivity contribution in [2.24, 2.45) is 5.92 Å². The number of fused-ring (bicyclic) bond motifs is 3. The first kappa shape index (κ1) is 31.4. The van der Waals surface area contributed by atoms with Gasteiger partial charge in [0.2, 0.25) is 11.8 Å². The van der Waals surface area contributed by atoms with Gasteiger partial charge in [-0.25, -0.2) is 0 Å². The Balaban J connectivity index is 1.11. The average molecular weight is 603 g/mol. The van der Waals surface area contributed by atoms with E-state index in [0.717, 1.165) is 11.1 Å². The van der Waals surface area contributed by atoms with E-state index in [1.54, 1.807) is 43.3 Å². The minimum atomic E-state index is -0.777. The molecule has 45 heavy (non-hydrogen) atoms. The summed E-state index contributed by atoms with van der Waals surface area (Å²) in [5.41, 5.74) is 6.93. The maximum absolute atomic E-state index is 13.2. The second-order valence-corrected chi connectivity index (χ2v) is 11.3. The van der Waals surface area contributed by atoms with E-state index < -0.39 is 12.0 Å². The lowest BCUT2D eigenvalue weighted by Gasteiger charge is -2.19. The van der Waals surface area contributed by atoms with Gasteiger partial charge >= 0.3 is 5.97 Å². The van der Waals surface area contributed by atoms with Crippen molar-refractivity contribution < 1.29 is 24.2 Å². The molecule has 0 aromatic heterocycles. The molecule has 3 N–H and O–H groups in total. The lowest BCUT2D eigenvalue weighted by atomic mass is 9.98. The number of anilines is 1. The monoisotopic (exact) mass is 602 g/mol. The molecule has 0 radical (unpaired) electrons. The first-order chi connectivity index (χ1) is 21.9. The summed E-state index contributed by atoms with van der Waals surface area (Å²) in [6, 6.07) is 32.1. The van der Waals surface area contributed by atoms with Crippen LogP contribution in [-0.4, -0.2) is 35.5 Å². The molecule has 7 heteroatoms. The van der Waals surface area contributed by atoms with Gasteiger partial charge in [0, 0.05) is 24.4 Å². The minimum Gasteiger partial charge on any atom is -0.464 e. The summed E-state index contributed by atoms with van der Waals surface area (Å²) in [6.45, 7) is 1.96. The normalized spacial score (nSPS) is 13.5. The number of esters is 1. The molecule has 2 amide bonds. The van der Waals surface area contributed by atoms with Crippen molar-refractivity contribution in [2.45, 2.75) is 44.8 Å². The third kappa shape index (κ3) is 8.13. The number of allylic oxidation sites excluding steroid dienone is 1. The van der Waals surface area contributed by atoms with Crippen molar-refractivity contribution >= 4 is 23.5 Å². The second kappa shape index (κ2) is 15.1. The number of carbonyl (C=O) groups is 3. The Morgan fingerprint density at radius 2 is 1.44 bits per heavy atom. The number of rotatable bonds is 13. The first-order valence-electron chi connectivity index (χ1n) is 15.3. The van der Waals surface area contributed by atoms with Crippen LogP contribution in [0.2, 0.25) is 0 Å². The van der Waals surface area contributed by atoms with E-state index in [2.05, 4.69) is 34.9 Å². The number of hydrogen-bond donors (Lipinski definition) is 3. The van der Waals surface area contributed by atoms with Gasteiger partial charge in [-0.15, -0.1) is 0 Å². The Morgan fingerprint density at radius 3 is 2.09 bits per heavy atom. The molecule has 0 spiro atoms. The quantitative estimate of drug-likeness (QED) is 0.125. The van der Waals surface area contributed by atoms with E-state index in [0.29, 0.717) is 18.5 Å². The highest BCUT2D eigenvalue weighted by Crippen LogP contribution is 2.44. The summed E-state index contributed by atoms with van der Waals surface area (Å²) in [5, 5.41) is 15.0. The summed E-state index contributed by atoms with van der Waals surface area (Å²) in [7, 11) is 0. The van der Waals surface area contributed by atoms with Crippen LogP contribution >= 0.6 is 0 Å². The number of amides is 2. The summed E-state index contributed by atoms with van der Waals surface area (Å²) in [6.07, 6.45) is 4.48. The lowest BCUT2D eigenvalue weighted by molar-refractivity contribution is -0.146. The van der Waals surface area contributed by atoms with Crippen molar-refractivity contribution in [3.05, 3.63) is 138 Å². The third-order valence-electron chi connectivity index (χ3n) is 8.03. The Labute approximate surface area is 264 Å². The van der Waals surface area contributed by atoms with Gasteiger partial charge in [0.1, 0.15) is 12.6 Å². The van der Waals surface area contributed by atoms with Gasteiger partial charge in [0.15, 0.2) is 0 Å². The predicted octanol–water partition coefficient (Wildman–Crippen LogP) is 6.17. The number of benzene rings is 4. The molecule has 230 valence electrons. The zero-order valence-electron chi connectivity index (χ0n) is 25.3. The Hall–Kier alpha value is -5.01. The van der Waals surface area contributed by atoms with Crippen LogP contribution in [0.25, 0.3) is 11.1 Å². The summed E-state index contributed by atoms with van der Waals surface area (Å²) in [5.74, 6) is -1.37. The molecule has 4 aromatic carbocycles. The maximum atomic E-state index is 13.2. The Morgan fingerprint density at radius 1 is 0.822 bits per heavy atom. The largest absolute Gasteiger partial charge is 0.464 e. The minimum absolute atomic E-state index is 0.00200. The predicted molar refractivity (Wildman–Crippen MR) is 175 cm³/mol. The molecular formula is C38H38N2O5. The molecule has 5 rings (SSSR count). The molecule has 0 saturated heterocycles. The molecule has 1 unspecified atom stereocenters. The van der Waals surface area contributed by atoms with Crippen molar-refractivity contribution in [3.63, 3.8) is 0 Å². The average Bonchev–Trinajstić information content (AvgIpc) is 3.39. The van der Waals surface area contributed by atoms with Crippen molar-refractivity contribution in [1.82, 2.24) is 5.32 Å². The molecule has 7 nitrogen and oxygen atoms in total. The van der Waals surface area contributed by atoms with Gasteiger partial charge in [-0.3, -0.25) is 14.4 Å². The van der Waals surface area contributed by atoms with Crippen molar-refractivity contribution in [3.8, 4) is 11.1 Å². The van der Waals surface area contributed by atoms with Gasteiger partial charge in [-0.05, 0) is 58.9 Å². The zero-order chi connectivity index (χ0) is 31.6. The van der Waals surface area contributed by atoms with Gasteiger partial charge in [-0.1, -0.05) is 103 Å². The molecule has 0 heterocycles. The van der Waals surface area contributed by atoms with Gasteiger partial charge in [0.25, 0.3) is 0 Å². The fourth-order valence-corrected chi connectivity index (χ4v) is 5.58. The topological polar surface area (TPSA) is 105 Å². The highest BCUT2D eigenvalue weighted by molar-refractivity contribution is 5.97. The maximum Gasteiger partial charge on any atom is 0.312 e. The smallest absolute Gasteiger partial charge is 0.312 e. The van der Waals surface area contributed by atoms with E-state index in [1.807, 2.05) is 54.6 Å². The highest BCUT2D eigenvalue weighted by Gasteiger charge is 2.29. The van der Waals surface area contributed by atoms with Crippen molar-refractivity contribution in [2.75, 3.05) is 11.9 Å². The molecule has 1 aliphatic carbocycles. The molecule has 0 fully saturated rings. The SMILES string of the molecule is C[C@H](/C=C/CCC(=O)NC(Cc1ccccc1)C(=O)Nc1ccc(CO)cc1)C(=O)OCC1c2ccccc2-c2ccccc21. The second-order valence-electron chi connectivity index (χ2n) is 11.3. The van der Waals surface area contributed by atoms with E-state index in [4.69, 9.17) is 4.74 Å². The number of nitrogens with one attached hydrogen (secondary N) is 2. The van der Waals surface area contributed by atoms with E-state index >= 15 is 0 Å². The van der Waals surface area contributed by atoms with Crippen LogP contribution in [0.5, 0.6) is 0 Å². The van der Waals surface area contributed by atoms with Gasteiger partial charge in [0.05, 0.1) is 12.5 Å². The number of hydrogen-bond acceptors (Lipinski definition) is 5. The molecular weight excluding hydrogens is 564 g/mol. The van der Waals surface area contributed by atoms with E-state index in [-0.39, 0.29) is 43.3 Å². The fourth-order valence-electron chi connectivity index (χ4n) is 5.58. The van der Waals surface area contributed by atoms with Gasteiger partial charge in [-0.2, -0.15) is 0 Å². The van der Waals surface area contributed by atoms with Crippen LogP contribution in [-0.2, 0) is 32.1 Å². The number of carbonyl (C=O) groups excluding carboxylic acids is 3. The van der Waals surface area contributed by atoms with Gasteiger partial charge < -0.3 is 20.5 Å². The van der Waals surface area contributed by atoms with Crippen LogP contribution < -0.4 is 10.6 Å². The summed E-state index contributed by atoms with van der Waals surface area (Å²) in [4.78, 5) is 38.8. The Bertz CT molecular complexity index is 1600. The van der Waals surface area contributed by atoms with Crippen LogP contribution in [0.3, 0.4) is 0 Å². The first-order valence-corrected chi connectivity index (χ1v) is 15.3. The summed E-state index contributed by atoms with van der Waals surface area (Å²) < 4.78 is 5.75. The standard InChI is InChI=1S/C38H38N2O5/c1-26(38(44)45-25-34-32-16-8-6-14-30(32)31-15-7-9-17-33(31)34)11-5-10-18-36(42)40-35(23-27-12-3-2-4-13-27)37(43)39-29-21-19-28(24-41)20-22-29/h2-9,11-17,19-22,26,34-35,41H,10,18,23-25H2,1H3,(H,39,43)(H,40,42)/b11-5+/t26-,35?/m1/s1. The number of aliphatic hydroxyl groups excluding tert-OH is 1. The molecule has 2 atom stereocenters.